The van der Waals surface area contributed by atoms with E-state index in [1.54, 1.807) is 39.0 Å². The lowest BCUT2D eigenvalue weighted by Gasteiger charge is -2.33. The number of halogens is 2. The molecule has 0 aliphatic carbocycles. The summed E-state index contributed by atoms with van der Waals surface area (Å²) in [6, 6.07) is 15.4. The van der Waals surface area contributed by atoms with Crippen LogP contribution in [0.2, 0.25) is 5.02 Å². The number of nitrogens with one attached hydrogen (secondary N) is 1. The zero-order valence-electron chi connectivity index (χ0n) is 23.9. The summed E-state index contributed by atoms with van der Waals surface area (Å²) in [6.45, 7) is 7.79. The predicted molar refractivity (Wildman–Crippen MR) is 158 cm³/mol. The SMILES string of the molecule is COc1ccc(N(CC(=O)N(Cc2ccccc2F)[C@H](C)C(=O)NC(C)(C)C)S(=O)(=O)c2ccc(C)cc2)cc1Cl. The zero-order chi connectivity index (χ0) is 30.5. The first-order valence-corrected chi connectivity index (χ1v) is 14.7. The molecule has 0 aliphatic heterocycles. The fraction of sp³-hybridized carbons (Fsp3) is 0.333. The number of anilines is 1. The second-order valence-electron chi connectivity index (χ2n) is 10.7. The molecule has 0 bridgehead atoms. The predicted octanol–water partition coefficient (Wildman–Crippen LogP) is 5.32. The van der Waals surface area contributed by atoms with Gasteiger partial charge in [-0.05, 0) is 71.0 Å². The van der Waals surface area contributed by atoms with Crippen LogP contribution in [-0.2, 0) is 26.2 Å². The molecule has 0 saturated heterocycles. The van der Waals surface area contributed by atoms with Gasteiger partial charge in [-0.15, -0.1) is 0 Å². The monoisotopic (exact) mass is 603 g/mol. The third-order valence-electron chi connectivity index (χ3n) is 6.28. The Morgan fingerprint density at radius 1 is 1.05 bits per heavy atom. The Kier molecular flexibility index (Phi) is 10.0. The molecule has 0 unspecified atom stereocenters. The number of carbonyl (C=O) groups excluding carboxylic acids is 2. The van der Waals surface area contributed by atoms with Gasteiger partial charge in [0.2, 0.25) is 11.8 Å². The van der Waals surface area contributed by atoms with Crippen LogP contribution in [0.5, 0.6) is 5.75 Å². The molecular weight excluding hydrogens is 569 g/mol. The molecule has 0 aromatic heterocycles. The highest BCUT2D eigenvalue weighted by Gasteiger charge is 2.34. The first-order valence-electron chi connectivity index (χ1n) is 12.9. The largest absolute Gasteiger partial charge is 0.495 e. The number of carbonyl (C=O) groups is 2. The normalized spacial score (nSPS) is 12.4. The number of hydrogen-bond acceptors (Lipinski definition) is 5. The quantitative estimate of drug-likeness (QED) is 0.338. The van der Waals surface area contributed by atoms with Crippen molar-refractivity contribution in [3.8, 4) is 5.75 Å². The number of ether oxygens (including phenoxy) is 1. The van der Waals surface area contributed by atoms with Gasteiger partial charge in [0, 0.05) is 17.6 Å². The van der Waals surface area contributed by atoms with Crippen LogP contribution in [0.25, 0.3) is 0 Å². The Morgan fingerprint density at radius 3 is 2.24 bits per heavy atom. The molecule has 0 heterocycles. The van der Waals surface area contributed by atoms with E-state index in [4.69, 9.17) is 16.3 Å². The molecule has 3 aromatic carbocycles. The highest BCUT2D eigenvalue weighted by Crippen LogP contribution is 2.32. The van der Waals surface area contributed by atoms with Crippen LogP contribution < -0.4 is 14.4 Å². The van der Waals surface area contributed by atoms with Crippen LogP contribution in [0.15, 0.2) is 71.6 Å². The summed E-state index contributed by atoms with van der Waals surface area (Å²) in [4.78, 5) is 28.2. The number of sulfonamides is 1. The van der Waals surface area contributed by atoms with Crippen molar-refractivity contribution in [1.29, 1.82) is 0 Å². The van der Waals surface area contributed by atoms with Crippen molar-refractivity contribution >= 4 is 39.1 Å². The van der Waals surface area contributed by atoms with E-state index < -0.39 is 45.8 Å². The smallest absolute Gasteiger partial charge is 0.264 e. The van der Waals surface area contributed by atoms with Crippen molar-refractivity contribution in [3.05, 3.63) is 88.7 Å². The summed E-state index contributed by atoms with van der Waals surface area (Å²) in [5, 5.41) is 2.97. The summed E-state index contributed by atoms with van der Waals surface area (Å²) >= 11 is 6.33. The maximum atomic E-state index is 14.7. The molecule has 0 fully saturated rings. The Balaban J connectivity index is 2.09. The molecule has 3 rings (SSSR count). The fourth-order valence-corrected chi connectivity index (χ4v) is 5.70. The third-order valence-corrected chi connectivity index (χ3v) is 8.36. The Hall–Kier alpha value is -3.63. The van der Waals surface area contributed by atoms with Crippen LogP contribution in [-0.4, -0.2) is 50.4 Å². The molecule has 41 heavy (non-hydrogen) atoms. The van der Waals surface area contributed by atoms with Gasteiger partial charge in [0.05, 0.1) is 22.7 Å². The van der Waals surface area contributed by atoms with Gasteiger partial charge in [-0.1, -0.05) is 47.5 Å². The number of aryl methyl sites for hydroxylation is 1. The highest BCUT2D eigenvalue weighted by molar-refractivity contribution is 7.92. The molecule has 0 spiro atoms. The average molecular weight is 604 g/mol. The Bertz CT molecular complexity index is 1510. The number of methoxy groups -OCH3 is 1. The molecular formula is C30H35ClFN3O5S. The first kappa shape index (κ1) is 31.9. The summed E-state index contributed by atoms with van der Waals surface area (Å²) in [5.41, 5.74) is 0.548. The van der Waals surface area contributed by atoms with Crippen molar-refractivity contribution in [2.24, 2.45) is 0 Å². The summed E-state index contributed by atoms with van der Waals surface area (Å²) in [7, 11) is -2.85. The maximum absolute atomic E-state index is 14.7. The van der Waals surface area contributed by atoms with Crippen LogP contribution >= 0.6 is 11.6 Å². The third kappa shape index (κ3) is 7.98. The minimum absolute atomic E-state index is 0.0398. The van der Waals surface area contributed by atoms with Gasteiger partial charge in [0.15, 0.2) is 0 Å². The zero-order valence-corrected chi connectivity index (χ0v) is 25.5. The van der Waals surface area contributed by atoms with E-state index in [1.165, 1.54) is 67.5 Å². The van der Waals surface area contributed by atoms with Gasteiger partial charge in [-0.3, -0.25) is 13.9 Å². The van der Waals surface area contributed by atoms with E-state index in [0.29, 0.717) is 5.75 Å². The van der Waals surface area contributed by atoms with Crippen LogP contribution in [0.1, 0.15) is 38.8 Å². The maximum Gasteiger partial charge on any atom is 0.264 e. The molecule has 220 valence electrons. The van der Waals surface area contributed by atoms with E-state index in [9.17, 15) is 22.4 Å². The first-order chi connectivity index (χ1) is 19.1. The van der Waals surface area contributed by atoms with E-state index in [1.807, 2.05) is 6.92 Å². The van der Waals surface area contributed by atoms with E-state index in [0.717, 1.165) is 9.87 Å². The Morgan fingerprint density at radius 2 is 1.68 bits per heavy atom. The van der Waals surface area contributed by atoms with Gasteiger partial charge >= 0.3 is 0 Å². The molecule has 0 saturated carbocycles. The van der Waals surface area contributed by atoms with Gasteiger partial charge in [-0.2, -0.15) is 0 Å². The molecule has 3 aromatic rings. The topological polar surface area (TPSA) is 96.0 Å². The molecule has 0 aliphatic rings. The minimum atomic E-state index is -4.28. The average Bonchev–Trinajstić information content (AvgIpc) is 2.90. The van der Waals surface area contributed by atoms with E-state index in [2.05, 4.69) is 5.32 Å². The molecule has 1 atom stereocenters. The van der Waals surface area contributed by atoms with Crippen LogP contribution in [0.4, 0.5) is 10.1 Å². The van der Waals surface area contributed by atoms with Gasteiger partial charge in [-0.25, -0.2) is 12.8 Å². The molecule has 11 heteroatoms. The lowest BCUT2D eigenvalue weighted by molar-refractivity contribution is -0.140. The molecule has 0 radical (unpaired) electrons. The second-order valence-corrected chi connectivity index (χ2v) is 12.9. The standard InChI is InChI=1S/C30H35ClFN3O5S/c1-20-11-14-24(15-12-20)41(38,39)35(23-13-16-27(40-6)25(31)17-23)19-28(36)34(18-22-9-7-8-10-26(22)32)21(2)29(37)33-30(3,4)5/h7-17,21H,18-19H2,1-6H3,(H,33,37)/t21-/m1/s1. The van der Waals surface area contributed by atoms with Crippen molar-refractivity contribution < 1.29 is 27.1 Å². The highest BCUT2D eigenvalue weighted by atomic mass is 35.5. The number of amides is 2. The minimum Gasteiger partial charge on any atom is -0.495 e. The van der Waals surface area contributed by atoms with Crippen molar-refractivity contribution in [1.82, 2.24) is 10.2 Å². The van der Waals surface area contributed by atoms with Crippen molar-refractivity contribution in [2.75, 3.05) is 18.0 Å². The van der Waals surface area contributed by atoms with Gasteiger partial charge in [0.1, 0.15) is 24.2 Å². The van der Waals surface area contributed by atoms with Crippen molar-refractivity contribution in [3.63, 3.8) is 0 Å². The lowest BCUT2D eigenvalue weighted by Crippen LogP contribution is -2.54. The summed E-state index contributed by atoms with van der Waals surface area (Å²) in [6.07, 6.45) is 0. The van der Waals surface area contributed by atoms with Gasteiger partial charge < -0.3 is 15.0 Å². The fourth-order valence-electron chi connectivity index (χ4n) is 4.04. The molecule has 8 nitrogen and oxygen atoms in total. The molecule has 1 N–H and O–H groups in total. The van der Waals surface area contributed by atoms with Crippen LogP contribution in [0.3, 0.4) is 0 Å². The van der Waals surface area contributed by atoms with Crippen molar-refractivity contribution in [2.45, 2.75) is 57.6 Å². The number of nitrogens with zero attached hydrogens (tertiary/aromatic N) is 2. The van der Waals surface area contributed by atoms with E-state index >= 15 is 0 Å². The van der Waals surface area contributed by atoms with Crippen LogP contribution in [0, 0.1) is 12.7 Å². The Labute approximate surface area is 246 Å². The van der Waals surface area contributed by atoms with Gasteiger partial charge in [0.25, 0.3) is 10.0 Å². The van der Waals surface area contributed by atoms with E-state index in [-0.39, 0.29) is 27.7 Å². The number of benzene rings is 3. The number of hydrogen-bond donors (Lipinski definition) is 1. The second kappa shape index (κ2) is 12.9. The number of rotatable bonds is 10. The summed E-state index contributed by atoms with van der Waals surface area (Å²) < 4.78 is 48.6. The molecule has 2 amide bonds. The summed E-state index contributed by atoms with van der Waals surface area (Å²) in [5.74, 6) is -1.42. The lowest BCUT2D eigenvalue weighted by atomic mass is 10.1.